The van der Waals surface area contributed by atoms with Crippen molar-refractivity contribution < 1.29 is 8.42 Å². The standard InChI is InChI=1S/C15H20N4O2S2.ClH/c16-15-17-11-13(22-15)12-18-7-4-8-19(10-9-18)23(20,21)14-5-2-1-3-6-14;/h1-3,5-6,11H,4,7-10,12H2,(H2,16,17);1H. The van der Waals surface area contributed by atoms with Gasteiger partial charge in [-0.2, -0.15) is 4.31 Å². The largest absolute Gasteiger partial charge is 0.375 e. The van der Waals surface area contributed by atoms with E-state index in [2.05, 4.69) is 9.88 Å². The van der Waals surface area contributed by atoms with Gasteiger partial charge in [0, 0.05) is 37.3 Å². The second-order valence-corrected chi connectivity index (χ2v) is 8.60. The van der Waals surface area contributed by atoms with Crippen LogP contribution in [0.3, 0.4) is 0 Å². The van der Waals surface area contributed by atoms with E-state index in [9.17, 15) is 8.42 Å². The molecule has 0 amide bonds. The number of nitrogens with two attached hydrogens (primary N) is 1. The van der Waals surface area contributed by atoms with Crippen molar-refractivity contribution in [2.75, 3.05) is 31.9 Å². The SMILES string of the molecule is Cl.Nc1ncc(CN2CCCN(S(=O)(=O)c3ccccc3)CC2)s1. The first kappa shape index (κ1) is 19.1. The molecule has 0 spiro atoms. The first-order chi connectivity index (χ1) is 11.1. The van der Waals surface area contributed by atoms with Crippen LogP contribution in [0, 0.1) is 0 Å². The van der Waals surface area contributed by atoms with Gasteiger partial charge in [-0.1, -0.05) is 18.2 Å². The van der Waals surface area contributed by atoms with Crippen LogP contribution in [0.15, 0.2) is 41.4 Å². The third-order valence-corrected chi connectivity index (χ3v) is 6.60. The van der Waals surface area contributed by atoms with E-state index in [1.165, 1.54) is 11.3 Å². The summed E-state index contributed by atoms with van der Waals surface area (Å²) < 4.78 is 27.0. The number of nitrogens with zero attached hydrogens (tertiary/aromatic N) is 3. The molecule has 0 saturated carbocycles. The Morgan fingerprint density at radius 2 is 1.88 bits per heavy atom. The highest BCUT2D eigenvalue weighted by Gasteiger charge is 2.26. The number of hydrogen-bond acceptors (Lipinski definition) is 6. The fourth-order valence-corrected chi connectivity index (χ4v) is 4.92. The predicted octanol–water partition coefficient (Wildman–Crippen LogP) is 2.04. The third kappa shape index (κ3) is 4.46. The molecule has 3 rings (SSSR count). The smallest absolute Gasteiger partial charge is 0.243 e. The summed E-state index contributed by atoms with van der Waals surface area (Å²) in [6, 6.07) is 8.64. The van der Waals surface area contributed by atoms with Crippen LogP contribution in [0.2, 0.25) is 0 Å². The highest BCUT2D eigenvalue weighted by atomic mass is 35.5. The lowest BCUT2D eigenvalue weighted by Crippen LogP contribution is -2.35. The van der Waals surface area contributed by atoms with Crippen LogP contribution < -0.4 is 5.73 Å². The molecule has 6 nitrogen and oxygen atoms in total. The minimum Gasteiger partial charge on any atom is -0.375 e. The second kappa shape index (κ2) is 8.26. The lowest BCUT2D eigenvalue weighted by atomic mass is 10.4. The fourth-order valence-electron chi connectivity index (χ4n) is 2.70. The number of sulfonamides is 1. The van der Waals surface area contributed by atoms with Gasteiger partial charge in [-0.3, -0.25) is 4.90 Å². The van der Waals surface area contributed by atoms with Gasteiger partial charge in [-0.05, 0) is 25.1 Å². The van der Waals surface area contributed by atoms with E-state index in [4.69, 9.17) is 5.73 Å². The summed E-state index contributed by atoms with van der Waals surface area (Å²) in [5.74, 6) is 0. The van der Waals surface area contributed by atoms with Crippen molar-refractivity contribution in [3.05, 3.63) is 41.4 Å². The molecule has 1 aromatic heterocycles. The maximum Gasteiger partial charge on any atom is 0.243 e. The number of thiazole rings is 1. The van der Waals surface area contributed by atoms with Gasteiger partial charge in [0.2, 0.25) is 10.0 Å². The molecule has 1 aliphatic rings. The molecule has 1 saturated heterocycles. The fraction of sp³-hybridized carbons (Fsp3) is 0.400. The molecule has 2 aromatic rings. The van der Waals surface area contributed by atoms with Crippen molar-refractivity contribution in [2.45, 2.75) is 17.9 Å². The molecule has 0 bridgehead atoms. The molecule has 0 unspecified atom stereocenters. The molecule has 132 valence electrons. The van der Waals surface area contributed by atoms with E-state index in [-0.39, 0.29) is 12.4 Å². The number of hydrogen-bond donors (Lipinski definition) is 1. The quantitative estimate of drug-likeness (QED) is 0.866. The summed E-state index contributed by atoms with van der Waals surface area (Å²) in [5.41, 5.74) is 5.66. The minimum absolute atomic E-state index is 0. The van der Waals surface area contributed by atoms with Crippen molar-refractivity contribution in [1.82, 2.24) is 14.2 Å². The summed E-state index contributed by atoms with van der Waals surface area (Å²) in [5, 5.41) is 0.572. The van der Waals surface area contributed by atoms with E-state index in [0.29, 0.717) is 29.7 Å². The normalized spacial score (nSPS) is 17.2. The Bertz CT molecular complexity index is 752. The molecule has 0 aliphatic carbocycles. The van der Waals surface area contributed by atoms with Gasteiger partial charge in [-0.25, -0.2) is 13.4 Å². The Labute approximate surface area is 152 Å². The number of rotatable bonds is 4. The zero-order valence-electron chi connectivity index (χ0n) is 13.2. The van der Waals surface area contributed by atoms with Gasteiger partial charge in [0.05, 0.1) is 4.90 Å². The Kier molecular flexibility index (Phi) is 6.59. The summed E-state index contributed by atoms with van der Waals surface area (Å²) >= 11 is 1.48. The molecule has 1 aromatic carbocycles. The Morgan fingerprint density at radius 3 is 2.54 bits per heavy atom. The van der Waals surface area contributed by atoms with E-state index in [1.54, 1.807) is 34.8 Å². The van der Waals surface area contributed by atoms with E-state index >= 15 is 0 Å². The topological polar surface area (TPSA) is 79.5 Å². The minimum atomic E-state index is -3.40. The van der Waals surface area contributed by atoms with Crippen LogP contribution in [0.25, 0.3) is 0 Å². The first-order valence-corrected chi connectivity index (χ1v) is 9.79. The van der Waals surface area contributed by atoms with Gasteiger partial charge in [0.1, 0.15) is 0 Å². The van der Waals surface area contributed by atoms with Crippen LogP contribution in [-0.2, 0) is 16.6 Å². The molecule has 9 heteroatoms. The van der Waals surface area contributed by atoms with Crippen LogP contribution in [0.1, 0.15) is 11.3 Å². The third-order valence-electron chi connectivity index (χ3n) is 3.88. The molecule has 0 radical (unpaired) electrons. The van der Waals surface area contributed by atoms with E-state index in [1.807, 2.05) is 6.07 Å². The van der Waals surface area contributed by atoms with E-state index in [0.717, 1.165) is 24.4 Å². The summed E-state index contributed by atoms with van der Waals surface area (Å²) in [6.07, 6.45) is 2.61. The molecule has 2 N–H and O–H groups in total. The average Bonchev–Trinajstić information content (AvgIpc) is 2.81. The number of halogens is 1. The van der Waals surface area contributed by atoms with Gasteiger partial charge in [-0.15, -0.1) is 23.7 Å². The Balaban J connectivity index is 0.00000208. The molecule has 2 heterocycles. The number of benzene rings is 1. The number of anilines is 1. The van der Waals surface area contributed by atoms with Gasteiger partial charge in [0.25, 0.3) is 0 Å². The highest BCUT2D eigenvalue weighted by Crippen LogP contribution is 2.20. The predicted molar refractivity (Wildman–Crippen MR) is 98.9 cm³/mol. The lowest BCUT2D eigenvalue weighted by molar-refractivity contribution is 0.281. The Hall–Kier alpha value is -1.19. The first-order valence-electron chi connectivity index (χ1n) is 7.53. The van der Waals surface area contributed by atoms with Gasteiger partial charge >= 0.3 is 0 Å². The second-order valence-electron chi connectivity index (χ2n) is 5.51. The lowest BCUT2D eigenvalue weighted by Gasteiger charge is -2.21. The molecule has 1 aliphatic heterocycles. The number of nitrogen functional groups attached to an aromatic ring is 1. The van der Waals surface area contributed by atoms with Gasteiger partial charge < -0.3 is 5.73 Å². The zero-order chi connectivity index (χ0) is 16.3. The summed E-state index contributed by atoms with van der Waals surface area (Å²) in [4.78, 5) is 7.80. The molecule has 0 atom stereocenters. The van der Waals surface area contributed by atoms with Crippen molar-refractivity contribution in [3.63, 3.8) is 0 Å². The summed E-state index contributed by atoms with van der Waals surface area (Å²) in [7, 11) is -3.40. The van der Waals surface area contributed by atoms with Crippen LogP contribution >= 0.6 is 23.7 Å². The maximum absolute atomic E-state index is 12.7. The van der Waals surface area contributed by atoms with Crippen LogP contribution in [0.5, 0.6) is 0 Å². The molecular formula is C15H21ClN4O2S2. The number of aromatic nitrogens is 1. The molecular weight excluding hydrogens is 368 g/mol. The zero-order valence-corrected chi connectivity index (χ0v) is 15.6. The van der Waals surface area contributed by atoms with Crippen molar-refractivity contribution in [3.8, 4) is 0 Å². The monoisotopic (exact) mass is 388 g/mol. The maximum atomic E-state index is 12.7. The van der Waals surface area contributed by atoms with Crippen LogP contribution in [0.4, 0.5) is 5.13 Å². The molecule has 1 fully saturated rings. The Morgan fingerprint density at radius 1 is 1.12 bits per heavy atom. The van der Waals surface area contributed by atoms with E-state index < -0.39 is 10.0 Å². The summed E-state index contributed by atoms with van der Waals surface area (Å²) in [6.45, 7) is 3.42. The van der Waals surface area contributed by atoms with Gasteiger partial charge in [0.15, 0.2) is 5.13 Å². The molecule has 24 heavy (non-hydrogen) atoms. The average molecular weight is 389 g/mol. The van der Waals surface area contributed by atoms with Crippen LogP contribution in [-0.4, -0.2) is 48.8 Å². The van der Waals surface area contributed by atoms with Crippen molar-refractivity contribution in [2.24, 2.45) is 0 Å². The van der Waals surface area contributed by atoms with Crippen molar-refractivity contribution in [1.29, 1.82) is 0 Å². The highest BCUT2D eigenvalue weighted by molar-refractivity contribution is 7.89. The van der Waals surface area contributed by atoms with Crippen molar-refractivity contribution >= 4 is 38.9 Å².